The minimum absolute atomic E-state index is 0.0273. The van der Waals surface area contributed by atoms with Crippen LogP contribution in [-0.2, 0) is 11.3 Å². The summed E-state index contributed by atoms with van der Waals surface area (Å²) in [7, 11) is 0. The Kier molecular flexibility index (Phi) is 7.27. The first-order valence-corrected chi connectivity index (χ1v) is 11.9. The van der Waals surface area contributed by atoms with Crippen LogP contribution < -0.4 is 5.32 Å². The van der Waals surface area contributed by atoms with E-state index in [9.17, 15) is 9.59 Å². The number of nitrogens with one attached hydrogen (secondary N) is 1. The van der Waals surface area contributed by atoms with E-state index in [0.29, 0.717) is 28.8 Å². The molecule has 2 aromatic carbocycles. The number of carbonyl (C=O) groups excluding carboxylic acids is 2. The molecule has 2 aromatic heterocycles. The van der Waals surface area contributed by atoms with Gasteiger partial charge in [-0.15, -0.1) is 10.2 Å². The Bertz CT molecular complexity index is 1250. The Morgan fingerprint density at radius 2 is 1.71 bits per heavy atom. The van der Waals surface area contributed by atoms with Gasteiger partial charge in [0.25, 0.3) is 0 Å². The first kappa shape index (κ1) is 23.5. The number of benzene rings is 2. The smallest absolute Gasteiger partial charge is 0.226 e. The van der Waals surface area contributed by atoms with Crippen molar-refractivity contribution in [3.8, 4) is 11.4 Å². The quantitative estimate of drug-likeness (QED) is 0.253. The fraction of sp³-hybridized carbons (Fsp3) is 0.231. The van der Waals surface area contributed by atoms with Crippen molar-refractivity contribution in [2.75, 3.05) is 5.32 Å². The molecule has 1 amide bonds. The van der Waals surface area contributed by atoms with Crippen LogP contribution in [0, 0.1) is 5.92 Å². The summed E-state index contributed by atoms with van der Waals surface area (Å²) in [4.78, 5) is 25.0. The van der Waals surface area contributed by atoms with Crippen LogP contribution in [-0.4, -0.2) is 31.7 Å². The number of ketones is 1. The number of rotatable bonds is 9. The van der Waals surface area contributed by atoms with E-state index in [0.717, 1.165) is 11.3 Å². The Morgan fingerprint density at radius 3 is 2.35 bits per heavy atom. The summed E-state index contributed by atoms with van der Waals surface area (Å²) in [5.41, 5.74) is 2.18. The maximum atomic E-state index is 13.1. The lowest BCUT2D eigenvalue weighted by Crippen LogP contribution is -2.18. The van der Waals surface area contributed by atoms with Gasteiger partial charge in [-0.25, -0.2) is 0 Å². The van der Waals surface area contributed by atoms with E-state index < -0.39 is 0 Å². The topological polar surface area (TPSA) is 90.0 Å². The van der Waals surface area contributed by atoms with Crippen LogP contribution in [0.15, 0.2) is 82.6 Å². The Hall–Kier alpha value is -3.65. The molecular weight excluding hydrogens is 448 g/mol. The molecule has 0 aliphatic carbocycles. The van der Waals surface area contributed by atoms with Crippen LogP contribution in [0.3, 0.4) is 0 Å². The lowest BCUT2D eigenvalue weighted by molar-refractivity contribution is -0.118. The molecule has 7 nitrogen and oxygen atoms in total. The van der Waals surface area contributed by atoms with Gasteiger partial charge < -0.3 is 9.73 Å². The molecule has 174 valence electrons. The molecule has 0 saturated heterocycles. The van der Waals surface area contributed by atoms with Crippen molar-refractivity contribution in [3.05, 3.63) is 84.3 Å². The molecule has 8 heteroatoms. The van der Waals surface area contributed by atoms with Gasteiger partial charge in [-0.1, -0.05) is 55.9 Å². The average molecular weight is 475 g/mol. The zero-order chi connectivity index (χ0) is 24.1. The second-order valence-corrected chi connectivity index (χ2v) is 9.49. The number of carbonyl (C=O) groups is 2. The van der Waals surface area contributed by atoms with Crippen LogP contribution >= 0.6 is 11.8 Å². The van der Waals surface area contributed by atoms with E-state index in [1.807, 2.05) is 67.8 Å². The number of hydrogen-bond donors (Lipinski definition) is 1. The maximum Gasteiger partial charge on any atom is 0.226 e. The minimum Gasteiger partial charge on any atom is -0.467 e. The first-order chi connectivity index (χ1) is 16.4. The van der Waals surface area contributed by atoms with Crippen molar-refractivity contribution in [2.45, 2.75) is 37.7 Å². The van der Waals surface area contributed by atoms with Crippen molar-refractivity contribution in [1.82, 2.24) is 14.8 Å². The van der Waals surface area contributed by atoms with Gasteiger partial charge in [0.1, 0.15) is 5.76 Å². The number of anilines is 1. The average Bonchev–Trinajstić information content (AvgIpc) is 3.50. The van der Waals surface area contributed by atoms with E-state index in [1.165, 1.54) is 11.8 Å². The summed E-state index contributed by atoms with van der Waals surface area (Å²) < 4.78 is 7.51. The second kappa shape index (κ2) is 10.5. The number of thioether (sulfide) groups is 1. The molecule has 0 fully saturated rings. The number of furan rings is 1. The standard InChI is InChI=1S/C26H26N4O3S/c1-17(2)25(32)27-21-13-11-19(12-14-21)23(31)18(3)34-26-29-28-24(20-8-5-4-6-9-20)30(26)16-22-10-7-15-33-22/h4-15,17-18H,16H2,1-3H3,(H,27,32). The van der Waals surface area contributed by atoms with Crippen molar-refractivity contribution >= 4 is 29.1 Å². The van der Waals surface area contributed by atoms with E-state index in [4.69, 9.17) is 4.42 Å². The third-order valence-corrected chi connectivity index (χ3v) is 6.34. The molecule has 0 saturated carbocycles. The third-order valence-electron chi connectivity index (χ3n) is 5.26. The molecule has 1 N–H and O–H groups in total. The predicted molar refractivity (Wildman–Crippen MR) is 133 cm³/mol. The normalized spacial score (nSPS) is 12.0. The fourth-order valence-electron chi connectivity index (χ4n) is 3.33. The van der Waals surface area contributed by atoms with Gasteiger partial charge in [-0.2, -0.15) is 0 Å². The van der Waals surface area contributed by atoms with Crippen LogP contribution in [0.2, 0.25) is 0 Å². The van der Waals surface area contributed by atoms with Gasteiger partial charge in [0.15, 0.2) is 16.8 Å². The summed E-state index contributed by atoms with van der Waals surface area (Å²) in [5.74, 6) is 1.28. The SMILES string of the molecule is CC(C)C(=O)Nc1ccc(C(=O)C(C)Sc2nnc(-c3ccccc3)n2Cc2ccco2)cc1. The molecule has 1 atom stereocenters. The largest absolute Gasteiger partial charge is 0.467 e. The van der Waals surface area contributed by atoms with E-state index in [1.54, 1.807) is 30.5 Å². The highest BCUT2D eigenvalue weighted by atomic mass is 32.2. The molecule has 1 unspecified atom stereocenters. The van der Waals surface area contributed by atoms with Crippen LogP contribution in [0.4, 0.5) is 5.69 Å². The molecule has 0 aliphatic heterocycles. The lowest BCUT2D eigenvalue weighted by atomic mass is 10.1. The number of Topliss-reactive ketones (excluding diaryl/α,β-unsaturated/α-hetero) is 1. The minimum atomic E-state index is -0.390. The summed E-state index contributed by atoms with van der Waals surface area (Å²) in [6.45, 7) is 5.98. The van der Waals surface area contributed by atoms with Gasteiger partial charge in [-0.3, -0.25) is 14.2 Å². The fourth-order valence-corrected chi connectivity index (χ4v) is 4.25. The lowest BCUT2D eigenvalue weighted by Gasteiger charge is -2.13. The van der Waals surface area contributed by atoms with Gasteiger partial charge in [0.05, 0.1) is 18.1 Å². The van der Waals surface area contributed by atoms with Crippen LogP contribution in [0.1, 0.15) is 36.9 Å². The predicted octanol–water partition coefficient (Wildman–Crippen LogP) is 5.54. The molecule has 0 radical (unpaired) electrons. The number of aromatic nitrogens is 3. The highest BCUT2D eigenvalue weighted by Gasteiger charge is 2.22. The summed E-state index contributed by atoms with van der Waals surface area (Å²) in [6.07, 6.45) is 1.63. The summed E-state index contributed by atoms with van der Waals surface area (Å²) in [5, 5.41) is 11.9. The molecule has 4 aromatic rings. The highest BCUT2D eigenvalue weighted by Crippen LogP contribution is 2.29. The number of amides is 1. The van der Waals surface area contributed by atoms with Gasteiger partial charge in [0, 0.05) is 22.7 Å². The molecule has 0 bridgehead atoms. The maximum absolute atomic E-state index is 13.1. The van der Waals surface area contributed by atoms with Crippen molar-refractivity contribution in [2.24, 2.45) is 5.92 Å². The number of hydrogen-bond acceptors (Lipinski definition) is 6. The first-order valence-electron chi connectivity index (χ1n) is 11.0. The molecule has 34 heavy (non-hydrogen) atoms. The highest BCUT2D eigenvalue weighted by molar-refractivity contribution is 8.00. The molecule has 0 aliphatic rings. The molecule has 0 spiro atoms. The van der Waals surface area contributed by atoms with Crippen LogP contribution in [0.25, 0.3) is 11.4 Å². The second-order valence-electron chi connectivity index (χ2n) is 8.18. The Balaban J connectivity index is 1.53. The Labute approximate surface area is 202 Å². The van der Waals surface area contributed by atoms with Gasteiger partial charge in [0.2, 0.25) is 5.91 Å². The molecular formula is C26H26N4O3S. The molecule has 2 heterocycles. The third kappa shape index (κ3) is 5.46. The van der Waals surface area contributed by atoms with Crippen LogP contribution in [0.5, 0.6) is 0 Å². The van der Waals surface area contributed by atoms with Gasteiger partial charge in [-0.05, 0) is 43.3 Å². The Morgan fingerprint density at radius 1 is 0.971 bits per heavy atom. The van der Waals surface area contributed by atoms with E-state index in [2.05, 4.69) is 15.5 Å². The monoisotopic (exact) mass is 474 g/mol. The summed E-state index contributed by atoms with van der Waals surface area (Å²) in [6, 6.07) is 20.5. The zero-order valence-electron chi connectivity index (χ0n) is 19.3. The van der Waals surface area contributed by atoms with Crippen molar-refractivity contribution < 1.29 is 14.0 Å². The molecule has 4 rings (SSSR count). The zero-order valence-corrected chi connectivity index (χ0v) is 20.1. The van der Waals surface area contributed by atoms with E-state index >= 15 is 0 Å². The van der Waals surface area contributed by atoms with Gasteiger partial charge >= 0.3 is 0 Å². The van der Waals surface area contributed by atoms with Crippen molar-refractivity contribution in [1.29, 1.82) is 0 Å². The number of nitrogens with zero attached hydrogens (tertiary/aromatic N) is 3. The summed E-state index contributed by atoms with van der Waals surface area (Å²) >= 11 is 1.36. The van der Waals surface area contributed by atoms with E-state index in [-0.39, 0.29) is 22.9 Å². The van der Waals surface area contributed by atoms with Crippen molar-refractivity contribution in [3.63, 3.8) is 0 Å².